The first-order valence-electron chi connectivity index (χ1n) is 10.6. The number of amides is 2. The third-order valence-corrected chi connectivity index (χ3v) is 5.21. The van der Waals surface area contributed by atoms with E-state index in [9.17, 15) is 22.8 Å². The number of aryl methyl sites for hydroxylation is 1. The highest BCUT2D eigenvalue weighted by atomic mass is 35.5. The Kier molecular flexibility index (Phi) is 6.84. The van der Waals surface area contributed by atoms with E-state index in [-0.39, 0.29) is 27.9 Å². The zero-order valence-corrected chi connectivity index (χ0v) is 19.7. The van der Waals surface area contributed by atoms with E-state index < -0.39 is 30.5 Å². The molecule has 0 radical (unpaired) electrons. The van der Waals surface area contributed by atoms with Gasteiger partial charge in [-0.15, -0.1) is 5.10 Å². The smallest absolute Gasteiger partial charge is 0.422 e. The summed E-state index contributed by atoms with van der Waals surface area (Å²) in [4.78, 5) is 30.4. The molecule has 0 saturated heterocycles. The van der Waals surface area contributed by atoms with Gasteiger partial charge in [0.05, 0.1) is 22.4 Å². The highest BCUT2D eigenvalue weighted by Gasteiger charge is 2.30. The van der Waals surface area contributed by atoms with E-state index in [0.29, 0.717) is 17.6 Å². The molecule has 36 heavy (non-hydrogen) atoms. The Balaban J connectivity index is 1.79. The van der Waals surface area contributed by atoms with Crippen molar-refractivity contribution >= 4 is 34.6 Å². The molecule has 0 spiro atoms. The Morgan fingerprint density at radius 1 is 1.17 bits per heavy atom. The minimum Gasteiger partial charge on any atom is -0.467 e. The SMILES string of the molecule is CCNC(=O)c1c(NC(=O)c2cc(OCC(F)(F)F)nn2-c2ncccc2Cl)c(C)cc2ccnn12. The first kappa shape index (κ1) is 25.0. The average molecular weight is 522 g/mol. The van der Waals surface area contributed by atoms with Crippen LogP contribution in [0.1, 0.15) is 33.5 Å². The molecule has 188 valence electrons. The van der Waals surface area contributed by atoms with Crippen LogP contribution in [0.4, 0.5) is 18.9 Å². The number of halogens is 4. The number of pyridine rings is 2. The molecular formula is C22H19ClF3N7O3. The van der Waals surface area contributed by atoms with Gasteiger partial charge >= 0.3 is 6.18 Å². The van der Waals surface area contributed by atoms with Crippen molar-refractivity contribution in [2.24, 2.45) is 0 Å². The zero-order valence-electron chi connectivity index (χ0n) is 18.9. The first-order chi connectivity index (χ1) is 17.1. The van der Waals surface area contributed by atoms with Gasteiger partial charge in [0, 0.05) is 18.8 Å². The van der Waals surface area contributed by atoms with Crippen LogP contribution in [-0.4, -0.2) is 55.5 Å². The van der Waals surface area contributed by atoms with Crippen LogP contribution in [0, 0.1) is 6.92 Å². The number of hydrogen-bond acceptors (Lipinski definition) is 6. The van der Waals surface area contributed by atoms with E-state index in [4.69, 9.17) is 16.3 Å². The zero-order chi connectivity index (χ0) is 26.0. The van der Waals surface area contributed by atoms with Crippen LogP contribution in [0.3, 0.4) is 0 Å². The molecule has 10 nitrogen and oxygen atoms in total. The van der Waals surface area contributed by atoms with E-state index in [1.807, 2.05) is 0 Å². The normalized spacial score (nSPS) is 11.5. The van der Waals surface area contributed by atoms with E-state index >= 15 is 0 Å². The van der Waals surface area contributed by atoms with Crippen LogP contribution < -0.4 is 15.4 Å². The first-order valence-corrected chi connectivity index (χ1v) is 10.9. The van der Waals surface area contributed by atoms with E-state index in [1.165, 1.54) is 29.0 Å². The number of carbonyl (C=O) groups is 2. The lowest BCUT2D eigenvalue weighted by Crippen LogP contribution is -2.28. The van der Waals surface area contributed by atoms with Gasteiger partial charge in [-0.3, -0.25) is 9.59 Å². The van der Waals surface area contributed by atoms with Gasteiger partial charge in [0.2, 0.25) is 5.88 Å². The summed E-state index contributed by atoms with van der Waals surface area (Å²) < 4.78 is 45.2. The second-order valence-electron chi connectivity index (χ2n) is 7.52. The lowest BCUT2D eigenvalue weighted by molar-refractivity contribution is -0.154. The third-order valence-electron chi connectivity index (χ3n) is 4.91. The number of rotatable bonds is 7. The Labute approximate surface area is 207 Å². The molecule has 0 aromatic carbocycles. The maximum atomic E-state index is 13.4. The number of fused-ring (bicyclic) bond motifs is 1. The largest absolute Gasteiger partial charge is 0.467 e. The fraction of sp³-hybridized carbons (Fsp3) is 0.227. The van der Waals surface area contributed by atoms with Gasteiger partial charge in [-0.2, -0.15) is 18.3 Å². The van der Waals surface area contributed by atoms with Gasteiger partial charge in [-0.05, 0) is 43.7 Å². The standard InChI is InChI=1S/C22H19ClF3N7O3/c1-3-27-21(35)18-17(12(2)9-13-6-8-29-32(13)18)30-20(34)15-10-16(36-11-22(24,25)26)31-33(15)19-14(23)5-4-7-28-19/h4-10H,3,11H2,1-2H3,(H,27,35)(H,30,34). The fourth-order valence-electron chi connectivity index (χ4n) is 3.43. The quantitative estimate of drug-likeness (QED) is 0.382. The highest BCUT2D eigenvalue weighted by Crippen LogP contribution is 2.27. The van der Waals surface area contributed by atoms with E-state index in [2.05, 4.69) is 25.8 Å². The number of carbonyl (C=O) groups excluding carboxylic acids is 2. The third kappa shape index (κ3) is 5.10. The summed E-state index contributed by atoms with van der Waals surface area (Å²) in [6, 6.07) is 7.46. The molecule has 0 atom stereocenters. The maximum Gasteiger partial charge on any atom is 0.422 e. The topological polar surface area (TPSA) is 115 Å². The van der Waals surface area contributed by atoms with Crippen molar-refractivity contribution in [3.05, 3.63) is 64.7 Å². The Bertz CT molecular complexity index is 1450. The lowest BCUT2D eigenvalue weighted by atomic mass is 10.1. The molecule has 0 aliphatic heterocycles. The van der Waals surface area contributed by atoms with Gasteiger partial charge in [0.15, 0.2) is 18.1 Å². The van der Waals surface area contributed by atoms with Gasteiger partial charge in [0.25, 0.3) is 11.8 Å². The van der Waals surface area contributed by atoms with Crippen LogP contribution in [0.25, 0.3) is 11.3 Å². The molecule has 0 aliphatic carbocycles. The number of hydrogen-bond donors (Lipinski definition) is 2. The average Bonchev–Trinajstić information content (AvgIpc) is 3.45. The number of ether oxygens (including phenoxy) is 1. The van der Waals surface area contributed by atoms with Crippen molar-refractivity contribution < 1.29 is 27.5 Å². The van der Waals surface area contributed by atoms with Crippen LogP contribution in [-0.2, 0) is 0 Å². The van der Waals surface area contributed by atoms with Crippen molar-refractivity contribution in [1.29, 1.82) is 0 Å². The molecule has 4 heterocycles. The van der Waals surface area contributed by atoms with Gasteiger partial charge < -0.3 is 15.4 Å². The van der Waals surface area contributed by atoms with Crippen LogP contribution in [0.15, 0.2) is 42.7 Å². The number of alkyl halides is 3. The molecule has 0 fully saturated rings. The molecule has 14 heteroatoms. The summed E-state index contributed by atoms with van der Waals surface area (Å²) in [5.74, 6) is -1.76. The number of aromatic nitrogens is 5. The Morgan fingerprint density at radius 3 is 2.64 bits per heavy atom. The minimum atomic E-state index is -4.62. The van der Waals surface area contributed by atoms with Crippen LogP contribution in [0.2, 0.25) is 5.02 Å². The van der Waals surface area contributed by atoms with Crippen molar-refractivity contribution in [2.45, 2.75) is 20.0 Å². The van der Waals surface area contributed by atoms with E-state index in [1.54, 1.807) is 26.0 Å². The summed E-state index contributed by atoms with van der Waals surface area (Å²) in [7, 11) is 0. The predicted molar refractivity (Wildman–Crippen MR) is 124 cm³/mol. The number of nitrogens with one attached hydrogen (secondary N) is 2. The Morgan fingerprint density at radius 2 is 1.94 bits per heavy atom. The second-order valence-corrected chi connectivity index (χ2v) is 7.93. The minimum absolute atomic E-state index is 0.00521. The number of nitrogens with zero attached hydrogens (tertiary/aromatic N) is 5. The van der Waals surface area contributed by atoms with E-state index in [0.717, 1.165) is 10.7 Å². The Hall–Kier alpha value is -4.13. The molecule has 0 unspecified atom stereocenters. The molecule has 4 rings (SSSR count). The molecular weight excluding hydrogens is 503 g/mol. The predicted octanol–water partition coefficient (Wildman–Crippen LogP) is 3.82. The van der Waals surface area contributed by atoms with Gasteiger partial charge in [-0.1, -0.05) is 11.6 Å². The number of anilines is 1. The second kappa shape index (κ2) is 9.85. The molecule has 2 N–H and O–H groups in total. The summed E-state index contributed by atoms with van der Waals surface area (Å²) >= 11 is 6.19. The summed E-state index contributed by atoms with van der Waals surface area (Å²) in [5, 5.41) is 13.5. The highest BCUT2D eigenvalue weighted by molar-refractivity contribution is 6.32. The van der Waals surface area contributed by atoms with Gasteiger partial charge in [-0.25, -0.2) is 14.2 Å². The maximum absolute atomic E-state index is 13.4. The summed E-state index contributed by atoms with van der Waals surface area (Å²) in [6.45, 7) is 2.14. The summed E-state index contributed by atoms with van der Waals surface area (Å²) in [5.41, 5.74) is 1.17. The van der Waals surface area contributed by atoms with Gasteiger partial charge in [0.1, 0.15) is 5.69 Å². The monoisotopic (exact) mass is 521 g/mol. The van der Waals surface area contributed by atoms with Crippen LogP contribution >= 0.6 is 11.6 Å². The van der Waals surface area contributed by atoms with Crippen molar-refractivity contribution in [3.8, 4) is 11.7 Å². The molecule has 4 aromatic rings. The van der Waals surface area contributed by atoms with Crippen molar-refractivity contribution in [1.82, 2.24) is 29.7 Å². The molecule has 4 aromatic heterocycles. The molecule has 0 bridgehead atoms. The summed E-state index contributed by atoms with van der Waals surface area (Å²) in [6.07, 6.45) is -1.73. The molecule has 0 aliphatic rings. The molecule has 0 saturated carbocycles. The van der Waals surface area contributed by atoms with Crippen molar-refractivity contribution in [2.75, 3.05) is 18.5 Å². The molecule has 2 amide bonds. The van der Waals surface area contributed by atoms with Crippen LogP contribution in [0.5, 0.6) is 5.88 Å². The fourth-order valence-corrected chi connectivity index (χ4v) is 3.63. The lowest BCUT2D eigenvalue weighted by Gasteiger charge is -2.16. The van der Waals surface area contributed by atoms with Crippen molar-refractivity contribution in [3.63, 3.8) is 0 Å².